The molecular weight excluding hydrogens is 184 g/mol. The van der Waals surface area contributed by atoms with Crippen molar-refractivity contribution in [1.82, 2.24) is 5.32 Å². The molecular formula is C11H9F2N. The van der Waals surface area contributed by atoms with Gasteiger partial charge in [0.25, 0.3) is 0 Å². The molecule has 1 aromatic rings. The van der Waals surface area contributed by atoms with Gasteiger partial charge < -0.3 is 5.32 Å². The van der Waals surface area contributed by atoms with Crippen LogP contribution in [-0.4, -0.2) is 0 Å². The highest BCUT2D eigenvalue weighted by atomic mass is 19.1. The second kappa shape index (κ2) is 3.62. The zero-order valence-corrected chi connectivity index (χ0v) is 7.37. The molecule has 0 fully saturated rings. The molecule has 0 spiro atoms. The molecule has 14 heavy (non-hydrogen) atoms. The van der Waals surface area contributed by atoms with Gasteiger partial charge in [0.15, 0.2) is 0 Å². The molecule has 1 unspecified atom stereocenters. The Balaban J connectivity index is 2.32. The molecule has 1 heterocycles. The summed E-state index contributed by atoms with van der Waals surface area (Å²) in [6, 6.07) is 3.39. The van der Waals surface area contributed by atoms with Gasteiger partial charge in [0.05, 0.1) is 6.04 Å². The summed E-state index contributed by atoms with van der Waals surface area (Å²) in [4.78, 5) is 0. The Morgan fingerprint density at radius 2 is 2.00 bits per heavy atom. The van der Waals surface area contributed by atoms with E-state index in [1.165, 1.54) is 12.1 Å². The van der Waals surface area contributed by atoms with E-state index in [4.69, 9.17) is 0 Å². The van der Waals surface area contributed by atoms with Crippen LogP contribution in [0.5, 0.6) is 0 Å². The van der Waals surface area contributed by atoms with Crippen molar-refractivity contribution in [2.24, 2.45) is 0 Å². The number of halogens is 2. The van der Waals surface area contributed by atoms with Gasteiger partial charge in [0, 0.05) is 11.6 Å². The van der Waals surface area contributed by atoms with Crippen LogP contribution in [0.2, 0.25) is 0 Å². The maximum absolute atomic E-state index is 13.3. The van der Waals surface area contributed by atoms with Crippen molar-refractivity contribution < 1.29 is 8.78 Å². The fourth-order valence-corrected chi connectivity index (χ4v) is 1.39. The Hall–Kier alpha value is -1.64. The Bertz CT molecular complexity index is 396. The Labute approximate surface area is 80.8 Å². The number of allylic oxidation sites excluding steroid dienone is 2. The van der Waals surface area contributed by atoms with Crippen LogP contribution in [0, 0.1) is 11.6 Å². The molecule has 0 saturated heterocycles. The lowest BCUT2D eigenvalue weighted by atomic mass is 10.0. The summed E-state index contributed by atoms with van der Waals surface area (Å²) in [5.74, 6) is -1.08. The third-order valence-electron chi connectivity index (χ3n) is 2.08. The lowest BCUT2D eigenvalue weighted by molar-refractivity contribution is 0.558. The Morgan fingerprint density at radius 3 is 2.64 bits per heavy atom. The summed E-state index contributed by atoms with van der Waals surface area (Å²) in [5, 5.41) is 2.97. The van der Waals surface area contributed by atoms with E-state index in [2.05, 4.69) is 5.32 Å². The van der Waals surface area contributed by atoms with Gasteiger partial charge in [-0.2, -0.15) is 0 Å². The fraction of sp³-hybridized carbons (Fsp3) is 0.0909. The predicted octanol–water partition coefficient (Wildman–Crippen LogP) is 2.68. The molecule has 0 aromatic heterocycles. The average molecular weight is 193 g/mol. The normalized spacial score (nSPS) is 19.4. The van der Waals surface area contributed by atoms with Gasteiger partial charge in [-0.3, -0.25) is 0 Å². The van der Waals surface area contributed by atoms with Crippen LogP contribution >= 0.6 is 0 Å². The molecule has 1 nitrogen and oxygen atoms in total. The standard InChI is InChI=1S/C11H9F2N/c12-8-4-5-9(10(13)7-8)11-3-1-2-6-14-11/h1-7,11,14H. The molecule has 3 heteroatoms. The van der Waals surface area contributed by atoms with Crippen LogP contribution in [0.4, 0.5) is 8.78 Å². The summed E-state index contributed by atoms with van der Waals surface area (Å²) in [6.07, 6.45) is 7.19. The zero-order chi connectivity index (χ0) is 9.97. The van der Waals surface area contributed by atoms with E-state index in [1.54, 1.807) is 6.20 Å². The molecule has 72 valence electrons. The molecule has 2 rings (SSSR count). The smallest absolute Gasteiger partial charge is 0.131 e. The highest BCUT2D eigenvalue weighted by Gasteiger charge is 2.12. The summed E-state index contributed by atoms with van der Waals surface area (Å²) >= 11 is 0. The second-order valence-electron chi connectivity index (χ2n) is 3.05. The Morgan fingerprint density at radius 1 is 1.14 bits per heavy atom. The van der Waals surface area contributed by atoms with Crippen molar-refractivity contribution in [3.8, 4) is 0 Å². The first-order valence-electron chi connectivity index (χ1n) is 4.32. The van der Waals surface area contributed by atoms with Crippen LogP contribution in [0.25, 0.3) is 0 Å². The van der Waals surface area contributed by atoms with Gasteiger partial charge >= 0.3 is 0 Å². The maximum Gasteiger partial charge on any atom is 0.131 e. The minimum atomic E-state index is -0.554. The minimum absolute atomic E-state index is 0.208. The van der Waals surface area contributed by atoms with Crippen LogP contribution in [0.1, 0.15) is 11.6 Å². The molecule has 0 saturated carbocycles. The first kappa shape index (κ1) is 8.94. The Kier molecular flexibility index (Phi) is 2.31. The van der Waals surface area contributed by atoms with E-state index in [1.807, 2.05) is 18.2 Å². The van der Waals surface area contributed by atoms with Gasteiger partial charge in [-0.15, -0.1) is 0 Å². The third kappa shape index (κ3) is 1.66. The SMILES string of the molecule is Fc1ccc(C2C=CC=CN2)c(F)c1. The van der Waals surface area contributed by atoms with Crippen molar-refractivity contribution in [1.29, 1.82) is 0 Å². The number of hydrogen-bond acceptors (Lipinski definition) is 1. The number of dihydropyridines is 1. The van der Waals surface area contributed by atoms with Gasteiger partial charge in [-0.05, 0) is 18.3 Å². The van der Waals surface area contributed by atoms with Crippen molar-refractivity contribution in [2.45, 2.75) is 6.04 Å². The second-order valence-corrected chi connectivity index (χ2v) is 3.05. The molecule has 1 aliphatic rings. The van der Waals surface area contributed by atoms with E-state index in [0.717, 1.165) is 6.07 Å². The molecule has 0 aliphatic carbocycles. The van der Waals surface area contributed by atoms with Gasteiger partial charge in [0.2, 0.25) is 0 Å². The zero-order valence-electron chi connectivity index (χ0n) is 7.37. The van der Waals surface area contributed by atoms with Crippen LogP contribution in [0.3, 0.4) is 0 Å². The highest BCUT2D eigenvalue weighted by Crippen LogP contribution is 2.20. The lowest BCUT2D eigenvalue weighted by Gasteiger charge is -2.16. The van der Waals surface area contributed by atoms with Crippen molar-refractivity contribution >= 4 is 0 Å². The lowest BCUT2D eigenvalue weighted by Crippen LogP contribution is -2.16. The average Bonchev–Trinajstić information content (AvgIpc) is 2.19. The van der Waals surface area contributed by atoms with Gasteiger partial charge in [-0.1, -0.05) is 18.2 Å². The molecule has 1 aromatic carbocycles. The summed E-state index contributed by atoms with van der Waals surface area (Å²) in [6.45, 7) is 0. The summed E-state index contributed by atoms with van der Waals surface area (Å²) in [7, 11) is 0. The molecule has 0 amide bonds. The van der Waals surface area contributed by atoms with E-state index < -0.39 is 11.6 Å². The minimum Gasteiger partial charge on any atom is -0.380 e. The van der Waals surface area contributed by atoms with E-state index in [-0.39, 0.29) is 6.04 Å². The highest BCUT2D eigenvalue weighted by molar-refractivity contribution is 5.28. The van der Waals surface area contributed by atoms with Crippen molar-refractivity contribution in [3.63, 3.8) is 0 Å². The van der Waals surface area contributed by atoms with E-state index in [9.17, 15) is 8.78 Å². The van der Waals surface area contributed by atoms with Crippen molar-refractivity contribution in [3.05, 3.63) is 59.8 Å². The fourth-order valence-electron chi connectivity index (χ4n) is 1.39. The number of benzene rings is 1. The van der Waals surface area contributed by atoms with E-state index >= 15 is 0 Å². The maximum atomic E-state index is 13.3. The largest absolute Gasteiger partial charge is 0.380 e. The topological polar surface area (TPSA) is 12.0 Å². The molecule has 1 atom stereocenters. The third-order valence-corrected chi connectivity index (χ3v) is 2.08. The van der Waals surface area contributed by atoms with E-state index in [0.29, 0.717) is 5.56 Å². The van der Waals surface area contributed by atoms with Gasteiger partial charge in [0.1, 0.15) is 11.6 Å². The number of hydrogen-bond donors (Lipinski definition) is 1. The van der Waals surface area contributed by atoms with Crippen LogP contribution in [-0.2, 0) is 0 Å². The van der Waals surface area contributed by atoms with Crippen molar-refractivity contribution in [2.75, 3.05) is 0 Å². The van der Waals surface area contributed by atoms with Crippen LogP contribution < -0.4 is 5.32 Å². The molecule has 0 bridgehead atoms. The number of nitrogens with one attached hydrogen (secondary N) is 1. The predicted molar refractivity (Wildman–Crippen MR) is 50.5 cm³/mol. The molecule has 1 N–H and O–H groups in total. The first-order valence-corrected chi connectivity index (χ1v) is 4.32. The first-order chi connectivity index (χ1) is 6.77. The van der Waals surface area contributed by atoms with Crippen LogP contribution in [0.15, 0.2) is 42.6 Å². The summed E-state index contributed by atoms with van der Waals surface area (Å²) < 4.78 is 25.9. The monoisotopic (exact) mass is 193 g/mol. The molecule has 0 radical (unpaired) electrons. The molecule has 1 aliphatic heterocycles. The quantitative estimate of drug-likeness (QED) is 0.723. The number of rotatable bonds is 1. The summed E-state index contributed by atoms with van der Waals surface area (Å²) in [5.41, 5.74) is 0.451. The van der Waals surface area contributed by atoms with Gasteiger partial charge in [-0.25, -0.2) is 8.78 Å².